The van der Waals surface area contributed by atoms with Crippen molar-refractivity contribution in [2.75, 3.05) is 26.2 Å². The minimum absolute atomic E-state index is 1.07. The van der Waals surface area contributed by atoms with Gasteiger partial charge in [-0.3, -0.25) is 0 Å². The van der Waals surface area contributed by atoms with Crippen molar-refractivity contribution in [1.29, 1.82) is 0 Å². The van der Waals surface area contributed by atoms with E-state index in [-0.39, 0.29) is 0 Å². The molecule has 0 aromatic carbocycles. The summed E-state index contributed by atoms with van der Waals surface area (Å²) in [7, 11) is 0. The van der Waals surface area contributed by atoms with E-state index in [2.05, 4.69) is 10.6 Å². The highest BCUT2D eigenvalue weighted by Gasteiger charge is 2.18. The van der Waals surface area contributed by atoms with Crippen molar-refractivity contribution in [2.24, 2.45) is 11.8 Å². The summed E-state index contributed by atoms with van der Waals surface area (Å²) >= 11 is 0. The van der Waals surface area contributed by atoms with Gasteiger partial charge in [0.25, 0.3) is 0 Å². The van der Waals surface area contributed by atoms with E-state index in [1.807, 2.05) is 0 Å². The largest absolute Gasteiger partial charge is 0.346 e. The molecule has 2 aliphatic heterocycles. The molecule has 0 saturated carbocycles. The maximum absolute atomic E-state index is 2.48. The van der Waals surface area contributed by atoms with Crippen LogP contribution in [-0.4, -0.2) is 26.2 Å². The van der Waals surface area contributed by atoms with Crippen LogP contribution in [0.15, 0.2) is 0 Å². The second kappa shape index (κ2) is 6.49. The molecule has 2 saturated heterocycles. The third-order valence-corrected chi connectivity index (χ3v) is 4.34. The average molecular weight is 212 g/mol. The number of quaternary nitrogens is 2. The van der Waals surface area contributed by atoms with Crippen LogP contribution in [0.2, 0.25) is 0 Å². The molecule has 2 aliphatic rings. The fourth-order valence-electron chi connectivity index (χ4n) is 3.26. The van der Waals surface area contributed by atoms with Gasteiger partial charge in [-0.25, -0.2) is 0 Å². The summed E-state index contributed by atoms with van der Waals surface area (Å²) in [6.07, 6.45) is 10.5. The van der Waals surface area contributed by atoms with Crippen molar-refractivity contribution in [3.63, 3.8) is 0 Å². The van der Waals surface area contributed by atoms with Gasteiger partial charge in [0.05, 0.1) is 26.2 Å². The van der Waals surface area contributed by atoms with Crippen LogP contribution >= 0.6 is 0 Å². The summed E-state index contributed by atoms with van der Waals surface area (Å²) in [5.41, 5.74) is 0. The minimum Gasteiger partial charge on any atom is -0.346 e. The predicted octanol–water partition coefficient (Wildman–Crippen LogP) is 0.104. The summed E-state index contributed by atoms with van der Waals surface area (Å²) in [4.78, 5) is 0. The summed E-state index contributed by atoms with van der Waals surface area (Å²) in [5.74, 6) is 2.15. The van der Waals surface area contributed by atoms with Gasteiger partial charge in [-0.1, -0.05) is 19.3 Å². The van der Waals surface area contributed by atoms with E-state index in [9.17, 15) is 0 Å². The molecule has 0 spiro atoms. The Bertz CT molecular complexity index is 140. The van der Waals surface area contributed by atoms with Crippen LogP contribution in [0.4, 0.5) is 0 Å². The van der Waals surface area contributed by atoms with Crippen LogP contribution in [-0.2, 0) is 0 Å². The van der Waals surface area contributed by atoms with Crippen molar-refractivity contribution in [1.82, 2.24) is 0 Å². The summed E-state index contributed by atoms with van der Waals surface area (Å²) in [5, 5.41) is 4.96. The summed E-state index contributed by atoms with van der Waals surface area (Å²) < 4.78 is 0. The smallest absolute Gasteiger partial charge is 0.0758 e. The molecule has 0 atom stereocenters. The normalized spacial score (nSPS) is 25.6. The SMILES string of the molecule is C(CC1CC[NH2+]CC1)CC1CC[NH2+]CC1. The highest BCUT2D eigenvalue weighted by molar-refractivity contribution is 4.65. The average Bonchev–Trinajstić information content (AvgIpc) is 2.32. The zero-order valence-corrected chi connectivity index (χ0v) is 10.1. The first kappa shape index (κ1) is 11.4. The quantitative estimate of drug-likeness (QED) is 0.663. The number of hydrogen-bond acceptors (Lipinski definition) is 0. The Morgan fingerprint density at radius 1 is 0.667 bits per heavy atom. The Morgan fingerprint density at radius 2 is 1.07 bits per heavy atom. The lowest BCUT2D eigenvalue weighted by Crippen LogP contribution is -2.86. The molecule has 2 rings (SSSR count). The van der Waals surface area contributed by atoms with Crippen LogP contribution in [0.25, 0.3) is 0 Å². The fourth-order valence-corrected chi connectivity index (χ4v) is 3.26. The molecule has 0 aromatic rings. The Hall–Kier alpha value is -0.0800. The van der Waals surface area contributed by atoms with E-state index in [1.54, 1.807) is 0 Å². The Labute approximate surface area is 94.2 Å². The van der Waals surface area contributed by atoms with Gasteiger partial charge in [0.1, 0.15) is 0 Å². The Kier molecular flexibility index (Phi) is 4.94. The maximum atomic E-state index is 2.48. The predicted molar refractivity (Wildman–Crippen MR) is 62.6 cm³/mol. The van der Waals surface area contributed by atoms with Crippen LogP contribution in [0.5, 0.6) is 0 Å². The second-order valence-corrected chi connectivity index (χ2v) is 5.55. The first-order valence-electron chi connectivity index (χ1n) is 7.08. The van der Waals surface area contributed by atoms with Gasteiger partial charge in [0.2, 0.25) is 0 Å². The molecule has 0 aliphatic carbocycles. The molecule has 2 heteroatoms. The van der Waals surface area contributed by atoms with E-state index >= 15 is 0 Å². The van der Waals surface area contributed by atoms with Crippen molar-refractivity contribution >= 4 is 0 Å². The number of hydrogen-bond donors (Lipinski definition) is 2. The first-order valence-corrected chi connectivity index (χ1v) is 7.08. The molecule has 0 unspecified atom stereocenters. The minimum atomic E-state index is 1.07. The molecule has 88 valence electrons. The van der Waals surface area contributed by atoms with E-state index in [0.717, 1.165) is 11.8 Å². The summed E-state index contributed by atoms with van der Waals surface area (Å²) in [6, 6.07) is 0. The molecule has 2 fully saturated rings. The number of nitrogens with two attached hydrogens (primary N) is 2. The molecule has 2 heterocycles. The van der Waals surface area contributed by atoms with E-state index in [1.165, 1.54) is 71.1 Å². The standard InChI is InChI=1S/C13H26N2/c1(2-12-4-8-14-9-5-12)3-13-6-10-15-11-7-13/h12-15H,1-11H2/p+2. The van der Waals surface area contributed by atoms with Gasteiger partial charge in [-0.05, 0) is 37.5 Å². The molecule has 0 bridgehead atoms. The fraction of sp³-hybridized carbons (Fsp3) is 1.00. The lowest BCUT2D eigenvalue weighted by Gasteiger charge is -2.23. The van der Waals surface area contributed by atoms with Gasteiger partial charge in [-0.15, -0.1) is 0 Å². The number of rotatable bonds is 4. The van der Waals surface area contributed by atoms with Crippen LogP contribution in [0.1, 0.15) is 44.9 Å². The van der Waals surface area contributed by atoms with E-state index < -0.39 is 0 Å². The van der Waals surface area contributed by atoms with Crippen molar-refractivity contribution in [2.45, 2.75) is 44.9 Å². The monoisotopic (exact) mass is 212 g/mol. The Balaban J connectivity index is 1.53. The third-order valence-electron chi connectivity index (χ3n) is 4.34. The Morgan fingerprint density at radius 3 is 1.47 bits per heavy atom. The maximum Gasteiger partial charge on any atom is 0.0758 e. The molecular formula is C13H28N2+2. The topological polar surface area (TPSA) is 33.2 Å². The molecule has 0 amide bonds. The third kappa shape index (κ3) is 4.12. The molecular weight excluding hydrogens is 184 g/mol. The van der Waals surface area contributed by atoms with E-state index in [0.29, 0.717) is 0 Å². The second-order valence-electron chi connectivity index (χ2n) is 5.55. The van der Waals surface area contributed by atoms with Crippen molar-refractivity contribution in [3.05, 3.63) is 0 Å². The molecule has 2 nitrogen and oxygen atoms in total. The van der Waals surface area contributed by atoms with Crippen LogP contribution < -0.4 is 10.6 Å². The lowest BCUT2D eigenvalue weighted by atomic mass is 9.87. The highest BCUT2D eigenvalue weighted by atomic mass is 14.9. The zero-order valence-electron chi connectivity index (χ0n) is 10.1. The number of piperidine rings is 2. The van der Waals surface area contributed by atoms with Crippen molar-refractivity contribution < 1.29 is 10.6 Å². The van der Waals surface area contributed by atoms with E-state index in [4.69, 9.17) is 0 Å². The van der Waals surface area contributed by atoms with Crippen molar-refractivity contribution in [3.8, 4) is 0 Å². The zero-order chi connectivity index (χ0) is 10.3. The lowest BCUT2D eigenvalue weighted by molar-refractivity contribution is -0.665. The molecule has 15 heavy (non-hydrogen) atoms. The van der Waals surface area contributed by atoms with Gasteiger partial charge >= 0.3 is 0 Å². The molecule has 0 aromatic heterocycles. The van der Waals surface area contributed by atoms with Crippen LogP contribution in [0.3, 0.4) is 0 Å². The highest BCUT2D eigenvalue weighted by Crippen LogP contribution is 2.22. The molecule has 4 N–H and O–H groups in total. The van der Waals surface area contributed by atoms with Gasteiger partial charge in [-0.2, -0.15) is 0 Å². The van der Waals surface area contributed by atoms with Gasteiger partial charge < -0.3 is 10.6 Å². The van der Waals surface area contributed by atoms with Crippen LogP contribution in [0, 0.1) is 11.8 Å². The molecule has 0 radical (unpaired) electrons. The van der Waals surface area contributed by atoms with Gasteiger partial charge in [0, 0.05) is 0 Å². The van der Waals surface area contributed by atoms with Gasteiger partial charge in [0.15, 0.2) is 0 Å². The summed E-state index contributed by atoms with van der Waals surface area (Å²) in [6.45, 7) is 5.57. The first-order chi connectivity index (χ1) is 7.45.